The molecule has 76 valence electrons. The zero-order valence-electron chi connectivity index (χ0n) is 9.17. The second-order valence-corrected chi connectivity index (χ2v) is 4.72. The second kappa shape index (κ2) is 3.09. The maximum absolute atomic E-state index is 10.3. The topological polar surface area (TPSA) is 20.2 Å². The first-order valence-corrected chi connectivity index (χ1v) is 5.32. The summed E-state index contributed by atoms with van der Waals surface area (Å²) in [6, 6.07) is 6.27. The van der Waals surface area contributed by atoms with Crippen molar-refractivity contribution < 1.29 is 5.11 Å². The van der Waals surface area contributed by atoms with Crippen molar-refractivity contribution in [1.82, 2.24) is 0 Å². The fraction of sp³-hybridized carbons (Fsp3) is 0.538. The summed E-state index contributed by atoms with van der Waals surface area (Å²) in [6.45, 7) is 6.14. The fourth-order valence-corrected chi connectivity index (χ4v) is 1.94. The molecule has 2 rings (SSSR count). The Balaban J connectivity index is 2.36. The minimum Gasteiger partial charge on any atom is -0.385 e. The molecule has 14 heavy (non-hydrogen) atoms. The lowest BCUT2D eigenvalue weighted by atomic mass is 9.89. The Morgan fingerprint density at radius 3 is 2.36 bits per heavy atom. The number of hydrogen-bond acceptors (Lipinski definition) is 1. The summed E-state index contributed by atoms with van der Waals surface area (Å²) >= 11 is 0. The molecule has 0 radical (unpaired) electrons. The van der Waals surface area contributed by atoms with Crippen LogP contribution in [0.3, 0.4) is 0 Å². The van der Waals surface area contributed by atoms with Crippen molar-refractivity contribution in [2.75, 3.05) is 0 Å². The summed E-state index contributed by atoms with van der Waals surface area (Å²) in [7, 11) is 0. The molecule has 1 aliphatic rings. The van der Waals surface area contributed by atoms with Gasteiger partial charge in [0.2, 0.25) is 0 Å². The number of rotatable bonds is 2. The van der Waals surface area contributed by atoms with Gasteiger partial charge in [0.15, 0.2) is 0 Å². The molecule has 0 saturated heterocycles. The first kappa shape index (κ1) is 9.72. The van der Waals surface area contributed by atoms with Crippen LogP contribution < -0.4 is 0 Å². The third-order valence-electron chi connectivity index (χ3n) is 3.46. The smallest absolute Gasteiger partial charge is 0.0896 e. The van der Waals surface area contributed by atoms with Crippen LogP contribution in [0.5, 0.6) is 0 Å². The maximum atomic E-state index is 10.3. The predicted molar refractivity (Wildman–Crippen MR) is 58.2 cm³/mol. The minimum atomic E-state index is -0.613. The van der Waals surface area contributed by atoms with Crippen LogP contribution in [-0.4, -0.2) is 5.11 Å². The molecule has 1 fully saturated rings. The fourth-order valence-electron chi connectivity index (χ4n) is 1.94. The van der Waals surface area contributed by atoms with Crippen molar-refractivity contribution in [3.63, 3.8) is 0 Å². The maximum Gasteiger partial charge on any atom is 0.0896 e. The molecule has 1 atom stereocenters. The molecule has 1 aliphatic carbocycles. The highest BCUT2D eigenvalue weighted by molar-refractivity contribution is 5.33. The third-order valence-corrected chi connectivity index (χ3v) is 3.46. The summed E-state index contributed by atoms with van der Waals surface area (Å²) in [5, 5.41) is 10.3. The summed E-state index contributed by atoms with van der Waals surface area (Å²) in [6.07, 6.45) is 2.33. The second-order valence-electron chi connectivity index (χ2n) is 4.72. The van der Waals surface area contributed by atoms with Crippen molar-refractivity contribution >= 4 is 0 Å². The molecule has 1 nitrogen and oxygen atoms in total. The normalized spacial score (nSPS) is 20.6. The van der Waals surface area contributed by atoms with Gasteiger partial charge in [-0.15, -0.1) is 0 Å². The van der Waals surface area contributed by atoms with E-state index in [0.29, 0.717) is 5.92 Å². The van der Waals surface area contributed by atoms with E-state index in [0.717, 1.165) is 5.56 Å². The van der Waals surface area contributed by atoms with Crippen molar-refractivity contribution in [2.45, 2.75) is 39.2 Å². The molecule has 0 unspecified atom stereocenters. The summed E-state index contributed by atoms with van der Waals surface area (Å²) < 4.78 is 0. The Labute approximate surface area is 85.8 Å². The van der Waals surface area contributed by atoms with E-state index in [9.17, 15) is 5.11 Å². The van der Waals surface area contributed by atoms with E-state index >= 15 is 0 Å². The Morgan fingerprint density at radius 1 is 1.21 bits per heavy atom. The van der Waals surface area contributed by atoms with E-state index in [2.05, 4.69) is 32.0 Å². The molecule has 0 amide bonds. The van der Waals surface area contributed by atoms with Gasteiger partial charge in [-0.25, -0.2) is 0 Å². The molecule has 1 saturated carbocycles. The van der Waals surface area contributed by atoms with Gasteiger partial charge in [0.25, 0.3) is 0 Å². The van der Waals surface area contributed by atoms with Gasteiger partial charge in [-0.2, -0.15) is 0 Å². The van der Waals surface area contributed by atoms with Crippen LogP contribution in [0.1, 0.15) is 36.5 Å². The van der Waals surface area contributed by atoms with Crippen LogP contribution >= 0.6 is 0 Å². The molecule has 1 N–H and O–H groups in total. The monoisotopic (exact) mass is 190 g/mol. The van der Waals surface area contributed by atoms with Gasteiger partial charge in [0, 0.05) is 0 Å². The van der Waals surface area contributed by atoms with E-state index < -0.39 is 5.60 Å². The number of hydrogen-bond donors (Lipinski definition) is 1. The highest BCUT2D eigenvalue weighted by Gasteiger charge is 2.41. The lowest BCUT2D eigenvalue weighted by molar-refractivity contribution is 0.0330. The zero-order valence-corrected chi connectivity index (χ0v) is 9.17. The van der Waals surface area contributed by atoms with E-state index in [1.54, 1.807) is 0 Å². The van der Waals surface area contributed by atoms with Crippen LogP contribution in [0.2, 0.25) is 0 Å². The molecule has 1 aromatic rings. The zero-order chi connectivity index (χ0) is 10.3. The Bertz CT molecular complexity index is 348. The van der Waals surface area contributed by atoms with Gasteiger partial charge in [-0.1, -0.05) is 18.2 Å². The standard InChI is InChI=1S/C13H18O/c1-9-4-5-12(8-10(9)2)13(3,14)11-6-7-11/h4-5,8,11,14H,6-7H2,1-3H3/t13-/m0/s1. The molecule has 0 bridgehead atoms. The van der Waals surface area contributed by atoms with Gasteiger partial charge < -0.3 is 5.11 Å². The van der Waals surface area contributed by atoms with Crippen LogP contribution in [0, 0.1) is 19.8 Å². The van der Waals surface area contributed by atoms with Gasteiger partial charge in [0.1, 0.15) is 0 Å². The van der Waals surface area contributed by atoms with E-state index in [1.165, 1.54) is 24.0 Å². The number of benzene rings is 1. The molecular formula is C13H18O. The van der Waals surface area contributed by atoms with Crippen molar-refractivity contribution in [1.29, 1.82) is 0 Å². The van der Waals surface area contributed by atoms with Crippen molar-refractivity contribution in [2.24, 2.45) is 5.92 Å². The van der Waals surface area contributed by atoms with Crippen LogP contribution in [0.25, 0.3) is 0 Å². The molecular weight excluding hydrogens is 172 g/mol. The average Bonchev–Trinajstić information content (AvgIpc) is 2.92. The van der Waals surface area contributed by atoms with Gasteiger partial charge in [-0.05, 0) is 56.2 Å². The lowest BCUT2D eigenvalue weighted by Crippen LogP contribution is -2.23. The minimum absolute atomic E-state index is 0.476. The predicted octanol–water partition coefficient (Wildman–Crippen LogP) is 2.92. The van der Waals surface area contributed by atoms with Gasteiger partial charge >= 0.3 is 0 Å². The molecule has 0 spiro atoms. The summed E-state index contributed by atoms with van der Waals surface area (Å²) in [5.41, 5.74) is 3.02. The van der Waals surface area contributed by atoms with E-state index in [4.69, 9.17) is 0 Å². The quantitative estimate of drug-likeness (QED) is 0.760. The highest BCUT2D eigenvalue weighted by atomic mass is 16.3. The van der Waals surface area contributed by atoms with Gasteiger partial charge in [-0.3, -0.25) is 0 Å². The number of aliphatic hydroxyl groups is 1. The average molecular weight is 190 g/mol. The van der Waals surface area contributed by atoms with Crippen LogP contribution in [0.15, 0.2) is 18.2 Å². The Kier molecular flexibility index (Phi) is 2.15. The van der Waals surface area contributed by atoms with Crippen molar-refractivity contribution in [3.8, 4) is 0 Å². The molecule has 0 aromatic heterocycles. The first-order chi connectivity index (χ1) is 6.51. The summed E-state index contributed by atoms with van der Waals surface area (Å²) in [4.78, 5) is 0. The SMILES string of the molecule is Cc1ccc([C@@](C)(O)C2CC2)cc1C. The van der Waals surface area contributed by atoms with Crippen LogP contribution in [-0.2, 0) is 5.60 Å². The summed E-state index contributed by atoms with van der Waals surface area (Å²) in [5.74, 6) is 0.476. The van der Waals surface area contributed by atoms with E-state index in [1.807, 2.05) is 6.92 Å². The third kappa shape index (κ3) is 1.57. The Hall–Kier alpha value is -0.820. The molecule has 1 aromatic carbocycles. The molecule has 0 aliphatic heterocycles. The first-order valence-electron chi connectivity index (χ1n) is 5.32. The molecule has 0 heterocycles. The lowest BCUT2D eigenvalue weighted by Gasteiger charge is -2.24. The van der Waals surface area contributed by atoms with Crippen LogP contribution in [0.4, 0.5) is 0 Å². The van der Waals surface area contributed by atoms with Gasteiger partial charge in [0.05, 0.1) is 5.60 Å². The number of aryl methyl sites for hydroxylation is 2. The molecule has 1 heteroatoms. The van der Waals surface area contributed by atoms with Crippen molar-refractivity contribution in [3.05, 3.63) is 34.9 Å². The largest absolute Gasteiger partial charge is 0.385 e. The van der Waals surface area contributed by atoms with E-state index in [-0.39, 0.29) is 0 Å². The Morgan fingerprint density at radius 2 is 1.86 bits per heavy atom. The highest BCUT2D eigenvalue weighted by Crippen LogP contribution is 2.45.